The zero-order valence-electron chi connectivity index (χ0n) is 14.2. The molecule has 0 aliphatic carbocycles. The van der Waals surface area contributed by atoms with E-state index in [0.717, 1.165) is 0 Å². The third-order valence-electron chi connectivity index (χ3n) is 4.13. The van der Waals surface area contributed by atoms with Gasteiger partial charge in [-0.25, -0.2) is 9.18 Å². The fraction of sp³-hybridized carbons (Fsp3) is 0.278. The van der Waals surface area contributed by atoms with Crippen LogP contribution in [0.15, 0.2) is 48.8 Å². The van der Waals surface area contributed by atoms with Gasteiger partial charge in [-0.1, -0.05) is 12.1 Å². The molecule has 2 aromatic rings. The maximum absolute atomic E-state index is 13.8. The van der Waals surface area contributed by atoms with Crippen molar-refractivity contribution < 1.29 is 18.7 Å². The predicted molar refractivity (Wildman–Crippen MR) is 93.2 cm³/mol. The smallest absolute Gasteiger partial charge is 0.322 e. The summed E-state index contributed by atoms with van der Waals surface area (Å²) in [7, 11) is 1.50. The van der Waals surface area contributed by atoms with Crippen molar-refractivity contribution in [1.29, 1.82) is 0 Å². The van der Waals surface area contributed by atoms with Crippen LogP contribution in [0.4, 0.5) is 14.9 Å². The molecule has 1 aliphatic heterocycles. The average molecular weight is 358 g/mol. The number of nitrogens with one attached hydrogen (secondary N) is 2. The zero-order chi connectivity index (χ0) is 18.5. The Bertz CT molecular complexity index is 787. The number of hydrogen-bond donors (Lipinski definition) is 2. The number of anilines is 1. The Balaban J connectivity index is 1.73. The first-order valence-corrected chi connectivity index (χ1v) is 8.19. The Morgan fingerprint density at radius 1 is 1.27 bits per heavy atom. The number of nitrogens with zero attached hydrogens (tertiary/aromatic N) is 2. The lowest BCUT2D eigenvalue weighted by Crippen LogP contribution is -2.46. The number of likely N-dealkylation sites (N-methyl/N-ethyl adjacent to an activating group) is 1. The summed E-state index contributed by atoms with van der Waals surface area (Å²) >= 11 is 0. The maximum Gasteiger partial charge on any atom is 0.322 e. The molecule has 3 amide bonds. The molecule has 26 heavy (non-hydrogen) atoms. The molecule has 2 atom stereocenters. The number of aromatic nitrogens is 1. The predicted octanol–water partition coefficient (Wildman–Crippen LogP) is 2.02. The SMILES string of the molecule is CNC(=O)[C@@H]1C[C@H](Oc2cccnc2)CN1C(=O)Nc1ccccc1F. The Labute approximate surface area is 150 Å². The van der Waals surface area contributed by atoms with Crippen LogP contribution in [0.3, 0.4) is 0 Å². The third-order valence-corrected chi connectivity index (χ3v) is 4.13. The maximum atomic E-state index is 13.8. The van der Waals surface area contributed by atoms with Crippen molar-refractivity contribution in [2.75, 3.05) is 18.9 Å². The second kappa shape index (κ2) is 7.81. The molecule has 7 nitrogen and oxygen atoms in total. The quantitative estimate of drug-likeness (QED) is 0.876. The van der Waals surface area contributed by atoms with Gasteiger partial charge >= 0.3 is 6.03 Å². The molecule has 3 rings (SSSR count). The lowest BCUT2D eigenvalue weighted by molar-refractivity contribution is -0.124. The molecule has 1 aromatic heterocycles. The van der Waals surface area contributed by atoms with Gasteiger partial charge in [-0.3, -0.25) is 9.78 Å². The second-order valence-corrected chi connectivity index (χ2v) is 5.86. The lowest BCUT2D eigenvalue weighted by Gasteiger charge is -2.23. The summed E-state index contributed by atoms with van der Waals surface area (Å²) in [6, 6.07) is 8.10. The highest BCUT2D eigenvalue weighted by Gasteiger charge is 2.40. The molecule has 1 fully saturated rings. The van der Waals surface area contributed by atoms with Crippen LogP contribution < -0.4 is 15.4 Å². The van der Waals surface area contributed by atoms with Crippen LogP contribution in [0.1, 0.15) is 6.42 Å². The van der Waals surface area contributed by atoms with Gasteiger partial charge in [0.25, 0.3) is 0 Å². The molecule has 0 saturated carbocycles. The van der Waals surface area contributed by atoms with Crippen molar-refractivity contribution in [1.82, 2.24) is 15.2 Å². The van der Waals surface area contributed by atoms with Crippen LogP contribution in [0.5, 0.6) is 5.75 Å². The van der Waals surface area contributed by atoms with Crippen LogP contribution >= 0.6 is 0 Å². The molecule has 1 aromatic carbocycles. The summed E-state index contributed by atoms with van der Waals surface area (Å²) in [5.41, 5.74) is 0.0600. The number of carbonyl (C=O) groups is 2. The van der Waals surface area contributed by atoms with Gasteiger partial charge in [0, 0.05) is 19.7 Å². The Hall–Kier alpha value is -3.16. The first-order chi connectivity index (χ1) is 12.6. The number of para-hydroxylation sites is 1. The van der Waals surface area contributed by atoms with E-state index in [1.807, 2.05) is 0 Å². The van der Waals surface area contributed by atoms with E-state index in [1.54, 1.807) is 30.6 Å². The fourth-order valence-electron chi connectivity index (χ4n) is 2.88. The Morgan fingerprint density at radius 3 is 2.77 bits per heavy atom. The zero-order valence-corrected chi connectivity index (χ0v) is 14.2. The van der Waals surface area contributed by atoms with Gasteiger partial charge in [0.1, 0.15) is 23.7 Å². The Kier molecular flexibility index (Phi) is 5.31. The van der Waals surface area contributed by atoms with E-state index >= 15 is 0 Å². The number of likely N-dealkylation sites (tertiary alicyclic amines) is 1. The molecular formula is C18H19FN4O3. The third kappa shape index (κ3) is 3.90. The normalized spacial score (nSPS) is 19.1. The Morgan fingerprint density at radius 2 is 2.08 bits per heavy atom. The van der Waals surface area contributed by atoms with Crippen molar-refractivity contribution in [3.05, 3.63) is 54.6 Å². The number of amides is 3. The van der Waals surface area contributed by atoms with Gasteiger partial charge in [0.05, 0.1) is 18.4 Å². The van der Waals surface area contributed by atoms with E-state index in [0.29, 0.717) is 12.2 Å². The summed E-state index contributed by atoms with van der Waals surface area (Å²) in [5.74, 6) is -0.282. The minimum absolute atomic E-state index is 0.0600. The number of halogens is 1. The number of carbonyl (C=O) groups excluding carboxylic acids is 2. The molecule has 136 valence electrons. The number of urea groups is 1. The molecule has 2 heterocycles. The molecular weight excluding hydrogens is 339 g/mol. The van der Waals surface area contributed by atoms with Crippen molar-refractivity contribution in [3.63, 3.8) is 0 Å². The highest BCUT2D eigenvalue weighted by Crippen LogP contribution is 2.24. The standard InChI is InChI=1S/C18H19FN4O3/c1-20-17(24)16-9-13(26-12-5-4-8-21-10-12)11-23(16)18(25)22-15-7-3-2-6-14(15)19/h2-8,10,13,16H,9,11H2,1H3,(H,20,24)(H,22,25)/t13-,16-/m0/s1. The second-order valence-electron chi connectivity index (χ2n) is 5.86. The van der Waals surface area contributed by atoms with E-state index in [4.69, 9.17) is 4.74 Å². The number of ether oxygens (including phenoxy) is 1. The van der Waals surface area contributed by atoms with E-state index in [1.165, 1.54) is 30.1 Å². The summed E-state index contributed by atoms with van der Waals surface area (Å²) in [4.78, 5) is 30.1. The molecule has 0 bridgehead atoms. The largest absolute Gasteiger partial charge is 0.487 e. The van der Waals surface area contributed by atoms with Crippen LogP contribution in [-0.4, -0.2) is 47.6 Å². The number of benzene rings is 1. The van der Waals surface area contributed by atoms with Gasteiger partial charge in [-0.2, -0.15) is 0 Å². The lowest BCUT2D eigenvalue weighted by atomic mass is 10.2. The summed E-state index contributed by atoms with van der Waals surface area (Å²) < 4.78 is 19.6. The minimum atomic E-state index is -0.701. The van der Waals surface area contributed by atoms with E-state index < -0.39 is 17.9 Å². The van der Waals surface area contributed by atoms with Gasteiger partial charge in [0.2, 0.25) is 5.91 Å². The monoisotopic (exact) mass is 358 g/mol. The summed E-state index contributed by atoms with van der Waals surface area (Å²) in [5, 5.41) is 5.06. The number of pyridine rings is 1. The van der Waals surface area contributed by atoms with Gasteiger partial charge in [0.15, 0.2) is 0 Å². The number of rotatable bonds is 4. The molecule has 8 heteroatoms. The molecule has 1 saturated heterocycles. The highest BCUT2D eigenvalue weighted by atomic mass is 19.1. The van der Waals surface area contributed by atoms with Crippen molar-refractivity contribution in [2.45, 2.75) is 18.6 Å². The van der Waals surface area contributed by atoms with Crippen LogP contribution in [-0.2, 0) is 4.79 Å². The van der Waals surface area contributed by atoms with Crippen molar-refractivity contribution >= 4 is 17.6 Å². The van der Waals surface area contributed by atoms with E-state index in [9.17, 15) is 14.0 Å². The molecule has 0 spiro atoms. The minimum Gasteiger partial charge on any atom is -0.487 e. The van der Waals surface area contributed by atoms with E-state index in [2.05, 4.69) is 15.6 Å². The highest BCUT2D eigenvalue weighted by molar-refractivity contribution is 5.94. The molecule has 0 radical (unpaired) electrons. The van der Waals surface area contributed by atoms with Crippen LogP contribution in [0.25, 0.3) is 0 Å². The molecule has 1 aliphatic rings. The number of hydrogen-bond acceptors (Lipinski definition) is 4. The topological polar surface area (TPSA) is 83.6 Å². The van der Waals surface area contributed by atoms with Gasteiger partial charge in [-0.05, 0) is 24.3 Å². The van der Waals surface area contributed by atoms with E-state index in [-0.39, 0.29) is 24.2 Å². The first-order valence-electron chi connectivity index (χ1n) is 8.19. The van der Waals surface area contributed by atoms with Crippen molar-refractivity contribution in [2.24, 2.45) is 0 Å². The molecule has 0 unspecified atom stereocenters. The van der Waals surface area contributed by atoms with Crippen molar-refractivity contribution in [3.8, 4) is 5.75 Å². The van der Waals surface area contributed by atoms with Crippen LogP contribution in [0, 0.1) is 5.82 Å². The summed E-state index contributed by atoms with van der Waals surface area (Å²) in [6.07, 6.45) is 3.16. The van der Waals surface area contributed by atoms with Gasteiger partial charge in [-0.15, -0.1) is 0 Å². The van der Waals surface area contributed by atoms with Crippen LogP contribution in [0.2, 0.25) is 0 Å². The molecule has 2 N–H and O–H groups in total. The fourth-order valence-corrected chi connectivity index (χ4v) is 2.88. The van der Waals surface area contributed by atoms with Gasteiger partial charge < -0.3 is 20.3 Å². The summed E-state index contributed by atoms with van der Waals surface area (Å²) in [6.45, 7) is 0.202. The average Bonchev–Trinajstić information content (AvgIpc) is 3.07. The first kappa shape index (κ1) is 17.7.